The largest absolute Gasteiger partial charge is 0.480 e. The van der Waals surface area contributed by atoms with Crippen LogP contribution in [0.2, 0.25) is 0 Å². The second-order valence-electron chi connectivity index (χ2n) is 4.72. The van der Waals surface area contributed by atoms with E-state index in [0.29, 0.717) is 5.56 Å². The Balaban J connectivity index is 2.12. The normalized spacial score (nSPS) is 11.2. The van der Waals surface area contributed by atoms with Crippen molar-refractivity contribution in [2.45, 2.75) is 12.5 Å². The van der Waals surface area contributed by atoms with Crippen LogP contribution in [0.1, 0.15) is 16.8 Å². The van der Waals surface area contributed by atoms with Crippen molar-refractivity contribution in [1.82, 2.24) is 5.32 Å². The first-order chi connectivity index (χ1) is 10.6. The molecule has 2 rings (SSSR count). The van der Waals surface area contributed by atoms with Gasteiger partial charge in [-0.05, 0) is 23.3 Å². The number of carbonyl (C=O) groups excluding carboxylic acids is 1. The average molecular weight is 293 g/mol. The van der Waals surface area contributed by atoms with E-state index in [-0.39, 0.29) is 6.42 Å². The van der Waals surface area contributed by atoms with E-state index in [1.165, 1.54) is 0 Å². The van der Waals surface area contributed by atoms with Crippen molar-refractivity contribution in [3.05, 3.63) is 60.2 Å². The molecule has 1 atom stereocenters. The molecule has 1 amide bonds. The van der Waals surface area contributed by atoms with Crippen LogP contribution in [0, 0.1) is 12.3 Å². The van der Waals surface area contributed by atoms with Crippen molar-refractivity contribution >= 4 is 11.9 Å². The third-order valence-electron chi connectivity index (χ3n) is 3.18. The Hall–Kier alpha value is -3.06. The summed E-state index contributed by atoms with van der Waals surface area (Å²) in [5.41, 5.74) is 2.42. The van der Waals surface area contributed by atoms with Gasteiger partial charge in [-0.3, -0.25) is 4.79 Å². The summed E-state index contributed by atoms with van der Waals surface area (Å²) in [5.74, 6) is 0.639. The van der Waals surface area contributed by atoms with E-state index in [0.717, 1.165) is 11.1 Å². The summed E-state index contributed by atoms with van der Waals surface area (Å²) in [4.78, 5) is 23.0. The van der Waals surface area contributed by atoms with Crippen LogP contribution in [0.3, 0.4) is 0 Å². The van der Waals surface area contributed by atoms with Crippen LogP contribution in [-0.2, 0) is 4.79 Å². The van der Waals surface area contributed by atoms with Crippen LogP contribution in [0.4, 0.5) is 0 Å². The fraction of sp³-hybridized carbons (Fsp3) is 0.111. The monoisotopic (exact) mass is 293 g/mol. The molecule has 2 N–H and O–H groups in total. The highest BCUT2D eigenvalue weighted by molar-refractivity contribution is 5.97. The highest BCUT2D eigenvalue weighted by atomic mass is 16.4. The van der Waals surface area contributed by atoms with Crippen molar-refractivity contribution in [2.24, 2.45) is 0 Å². The predicted molar refractivity (Wildman–Crippen MR) is 84.2 cm³/mol. The number of benzene rings is 2. The summed E-state index contributed by atoms with van der Waals surface area (Å²) in [6, 6.07) is 15.6. The molecule has 0 unspecified atom stereocenters. The van der Waals surface area contributed by atoms with Gasteiger partial charge in [0, 0.05) is 12.0 Å². The van der Waals surface area contributed by atoms with Crippen molar-refractivity contribution in [1.29, 1.82) is 0 Å². The summed E-state index contributed by atoms with van der Waals surface area (Å²) in [6.07, 6.45) is 5.05. The van der Waals surface area contributed by atoms with Gasteiger partial charge in [-0.2, -0.15) is 0 Å². The smallest absolute Gasteiger partial charge is 0.327 e. The number of amides is 1. The van der Waals surface area contributed by atoms with Gasteiger partial charge in [0.25, 0.3) is 5.91 Å². The van der Waals surface area contributed by atoms with Crippen LogP contribution in [0.25, 0.3) is 11.1 Å². The average Bonchev–Trinajstić information content (AvgIpc) is 2.55. The number of terminal acetylenes is 1. The van der Waals surface area contributed by atoms with Crippen molar-refractivity contribution in [3.8, 4) is 23.5 Å². The van der Waals surface area contributed by atoms with Gasteiger partial charge in [-0.15, -0.1) is 12.3 Å². The zero-order valence-corrected chi connectivity index (χ0v) is 11.8. The molecule has 0 spiro atoms. The van der Waals surface area contributed by atoms with Gasteiger partial charge in [-0.25, -0.2) is 4.79 Å². The maximum Gasteiger partial charge on any atom is 0.327 e. The predicted octanol–water partition coefficient (Wildman–Crippen LogP) is 2.56. The van der Waals surface area contributed by atoms with Crippen LogP contribution < -0.4 is 5.32 Å². The van der Waals surface area contributed by atoms with Gasteiger partial charge in [-0.1, -0.05) is 42.5 Å². The quantitative estimate of drug-likeness (QED) is 0.833. The van der Waals surface area contributed by atoms with Gasteiger partial charge in [0.05, 0.1) is 0 Å². The molecule has 0 bridgehead atoms. The van der Waals surface area contributed by atoms with E-state index in [1.807, 2.05) is 42.5 Å². The summed E-state index contributed by atoms with van der Waals surface area (Å²) < 4.78 is 0. The van der Waals surface area contributed by atoms with Crippen LogP contribution >= 0.6 is 0 Å². The molecular formula is C18H15NO3. The SMILES string of the molecule is C#CC[C@H](NC(=O)c1ccc(-c2ccccc2)cc1)C(=O)O. The molecule has 0 aliphatic rings. The fourth-order valence-electron chi connectivity index (χ4n) is 2.00. The maximum atomic E-state index is 12.0. The Morgan fingerprint density at radius 2 is 1.64 bits per heavy atom. The molecule has 2 aromatic carbocycles. The third kappa shape index (κ3) is 3.74. The number of carboxylic acid groups (broad SMARTS) is 1. The van der Waals surface area contributed by atoms with Gasteiger partial charge in [0.15, 0.2) is 0 Å². The van der Waals surface area contributed by atoms with Gasteiger partial charge >= 0.3 is 5.97 Å². The fourth-order valence-corrected chi connectivity index (χ4v) is 2.00. The summed E-state index contributed by atoms with van der Waals surface area (Å²) in [7, 11) is 0. The van der Waals surface area contributed by atoms with E-state index in [2.05, 4.69) is 11.2 Å². The molecular weight excluding hydrogens is 278 g/mol. The lowest BCUT2D eigenvalue weighted by molar-refractivity contribution is -0.139. The standard InChI is InChI=1S/C18H15NO3/c1-2-6-16(18(21)22)19-17(20)15-11-9-14(10-12-15)13-7-4-3-5-8-13/h1,3-5,7-12,16H,6H2,(H,19,20)(H,21,22)/t16-/m0/s1. The molecule has 4 nitrogen and oxygen atoms in total. The van der Waals surface area contributed by atoms with Crippen molar-refractivity contribution in [2.75, 3.05) is 0 Å². The number of rotatable bonds is 5. The number of carboxylic acids is 1. The molecule has 2 aromatic rings. The van der Waals surface area contributed by atoms with E-state index in [4.69, 9.17) is 11.5 Å². The Kier molecular flexibility index (Phi) is 4.94. The number of hydrogen-bond donors (Lipinski definition) is 2. The van der Waals surface area contributed by atoms with Gasteiger partial charge < -0.3 is 10.4 Å². The Morgan fingerprint density at radius 1 is 1.05 bits per heavy atom. The molecule has 0 radical (unpaired) electrons. The van der Waals surface area contributed by atoms with Gasteiger partial charge in [0.1, 0.15) is 6.04 Å². The molecule has 22 heavy (non-hydrogen) atoms. The second-order valence-corrected chi connectivity index (χ2v) is 4.72. The number of nitrogens with one attached hydrogen (secondary N) is 1. The Morgan fingerprint density at radius 3 is 2.18 bits per heavy atom. The molecule has 0 saturated carbocycles. The van der Waals surface area contributed by atoms with Crippen molar-refractivity contribution in [3.63, 3.8) is 0 Å². The molecule has 0 aromatic heterocycles. The van der Waals surface area contributed by atoms with Gasteiger partial charge in [0.2, 0.25) is 0 Å². The first-order valence-electron chi connectivity index (χ1n) is 6.74. The van der Waals surface area contributed by atoms with E-state index in [1.54, 1.807) is 12.1 Å². The lowest BCUT2D eigenvalue weighted by Gasteiger charge is -2.12. The lowest BCUT2D eigenvalue weighted by Crippen LogP contribution is -2.40. The number of carbonyl (C=O) groups is 2. The van der Waals surface area contributed by atoms with E-state index < -0.39 is 17.9 Å². The van der Waals surface area contributed by atoms with E-state index in [9.17, 15) is 9.59 Å². The minimum Gasteiger partial charge on any atom is -0.480 e. The molecule has 0 heterocycles. The number of hydrogen-bond acceptors (Lipinski definition) is 2. The maximum absolute atomic E-state index is 12.0. The second kappa shape index (κ2) is 7.09. The van der Waals surface area contributed by atoms with Crippen LogP contribution in [0.5, 0.6) is 0 Å². The summed E-state index contributed by atoms with van der Waals surface area (Å²) >= 11 is 0. The Bertz CT molecular complexity index is 699. The summed E-state index contributed by atoms with van der Waals surface area (Å²) in [6.45, 7) is 0. The molecule has 0 aliphatic carbocycles. The minimum atomic E-state index is -1.15. The highest BCUT2D eigenvalue weighted by Crippen LogP contribution is 2.19. The zero-order chi connectivity index (χ0) is 15.9. The number of aliphatic carboxylic acids is 1. The third-order valence-corrected chi connectivity index (χ3v) is 3.18. The topological polar surface area (TPSA) is 66.4 Å². The highest BCUT2D eigenvalue weighted by Gasteiger charge is 2.19. The molecule has 110 valence electrons. The molecule has 0 aliphatic heterocycles. The zero-order valence-electron chi connectivity index (χ0n) is 11.8. The molecule has 4 heteroatoms. The first-order valence-corrected chi connectivity index (χ1v) is 6.74. The minimum absolute atomic E-state index is 0.0524. The molecule has 0 fully saturated rings. The van der Waals surface area contributed by atoms with Crippen LogP contribution in [-0.4, -0.2) is 23.0 Å². The Labute approximate surface area is 128 Å². The lowest BCUT2D eigenvalue weighted by atomic mass is 10.0. The molecule has 0 saturated heterocycles. The first kappa shape index (κ1) is 15.3. The van der Waals surface area contributed by atoms with Crippen molar-refractivity contribution < 1.29 is 14.7 Å². The van der Waals surface area contributed by atoms with Crippen LogP contribution in [0.15, 0.2) is 54.6 Å². The van der Waals surface area contributed by atoms with E-state index >= 15 is 0 Å². The summed E-state index contributed by atoms with van der Waals surface area (Å²) in [5, 5.41) is 11.4.